The summed E-state index contributed by atoms with van der Waals surface area (Å²) in [6.07, 6.45) is 0. The minimum absolute atomic E-state index is 0.222. The molecule has 0 heterocycles. The van der Waals surface area contributed by atoms with Crippen molar-refractivity contribution in [2.45, 2.75) is 26.7 Å². The summed E-state index contributed by atoms with van der Waals surface area (Å²) in [5.74, 6) is 0.763. The van der Waals surface area contributed by atoms with Crippen molar-refractivity contribution >= 4 is 5.97 Å². The Morgan fingerprint density at radius 1 is 1.15 bits per heavy atom. The summed E-state index contributed by atoms with van der Waals surface area (Å²) in [4.78, 5) is 11.0. The minimum Gasteiger partial charge on any atom is -0.478 e. The topological polar surface area (TPSA) is 46.5 Å². The Morgan fingerprint density at radius 2 is 1.90 bits per heavy atom. The summed E-state index contributed by atoms with van der Waals surface area (Å²) in [6.45, 7) is 6.22. The van der Waals surface area contributed by atoms with Crippen molar-refractivity contribution in [2.75, 3.05) is 0 Å². The van der Waals surface area contributed by atoms with Gasteiger partial charge in [-0.2, -0.15) is 0 Å². The van der Waals surface area contributed by atoms with Crippen LogP contribution in [0.5, 0.6) is 11.5 Å². The first kappa shape index (κ1) is 14.1. The molecule has 0 aliphatic rings. The smallest absolute Gasteiger partial charge is 0.335 e. The number of benzene rings is 2. The van der Waals surface area contributed by atoms with Gasteiger partial charge in [0.05, 0.1) is 5.56 Å². The number of ether oxygens (including phenoxy) is 1. The van der Waals surface area contributed by atoms with Crippen LogP contribution in [0.2, 0.25) is 0 Å². The number of hydrogen-bond acceptors (Lipinski definition) is 2. The summed E-state index contributed by atoms with van der Waals surface area (Å²) in [7, 11) is 0. The zero-order valence-corrected chi connectivity index (χ0v) is 11.9. The van der Waals surface area contributed by atoms with Gasteiger partial charge in [-0.15, -0.1) is 0 Å². The molecular formula is C17H18O3. The fraction of sp³-hybridized carbons (Fsp3) is 0.235. The molecule has 0 aliphatic carbocycles. The largest absolute Gasteiger partial charge is 0.478 e. The SMILES string of the molecule is Cc1ccc(C(C)C)cc1Oc1cccc(C(=O)O)c1. The van der Waals surface area contributed by atoms with Crippen molar-refractivity contribution < 1.29 is 14.6 Å². The third kappa shape index (κ3) is 3.18. The van der Waals surface area contributed by atoms with E-state index >= 15 is 0 Å². The van der Waals surface area contributed by atoms with Crippen molar-refractivity contribution in [3.8, 4) is 11.5 Å². The molecule has 0 atom stereocenters. The Balaban J connectivity index is 2.32. The van der Waals surface area contributed by atoms with Crippen LogP contribution in [0.25, 0.3) is 0 Å². The van der Waals surface area contributed by atoms with Crippen LogP contribution in [0, 0.1) is 6.92 Å². The van der Waals surface area contributed by atoms with E-state index in [1.165, 1.54) is 11.6 Å². The molecule has 0 radical (unpaired) electrons. The Morgan fingerprint density at radius 3 is 2.55 bits per heavy atom. The van der Waals surface area contributed by atoms with Crippen molar-refractivity contribution in [2.24, 2.45) is 0 Å². The van der Waals surface area contributed by atoms with E-state index in [1.54, 1.807) is 18.2 Å². The molecule has 1 N–H and O–H groups in total. The molecule has 0 saturated carbocycles. The van der Waals surface area contributed by atoms with Gasteiger partial charge in [-0.25, -0.2) is 4.79 Å². The third-order valence-electron chi connectivity index (χ3n) is 3.19. The van der Waals surface area contributed by atoms with Crippen molar-refractivity contribution in [1.82, 2.24) is 0 Å². The molecule has 2 aromatic rings. The van der Waals surface area contributed by atoms with Crippen LogP contribution in [0.1, 0.15) is 41.3 Å². The Bertz CT molecular complexity index is 630. The summed E-state index contributed by atoms with van der Waals surface area (Å²) >= 11 is 0. The van der Waals surface area contributed by atoms with Crippen LogP contribution in [-0.2, 0) is 0 Å². The molecule has 0 aromatic heterocycles. The van der Waals surface area contributed by atoms with Gasteiger partial charge in [0.2, 0.25) is 0 Å². The lowest BCUT2D eigenvalue weighted by Gasteiger charge is -2.12. The number of carboxylic acids is 1. The molecule has 0 saturated heterocycles. The molecule has 0 amide bonds. The van der Waals surface area contributed by atoms with Crippen LogP contribution in [0.15, 0.2) is 42.5 Å². The normalized spacial score (nSPS) is 10.6. The standard InChI is InChI=1S/C17H18O3/c1-11(2)13-8-7-12(3)16(10-13)20-15-6-4-5-14(9-15)17(18)19/h4-11H,1-3H3,(H,18,19). The van der Waals surface area contributed by atoms with Gasteiger partial charge in [-0.3, -0.25) is 0 Å². The molecule has 0 aliphatic heterocycles. The van der Waals surface area contributed by atoms with Crippen LogP contribution >= 0.6 is 0 Å². The van der Waals surface area contributed by atoms with E-state index in [4.69, 9.17) is 9.84 Å². The second kappa shape index (κ2) is 5.78. The molecule has 0 fully saturated rings. The zero-order valence-electron chi connectivity index (χ0n) is 11.9. The summed E-state index contributed by atoms with van der Waals surface area (Å²) < 4.78 is 5.83. The minimum atomic E-state index is -0.955. The highest BCUT2D eigenvalue weighted by Gasteiger charge is 2.08. The van der Waals surface area contributed by atoms with E-state index < -0.39 is 5.97 Å². The van der Waals surface area contributed by atoms with Gasteiger partial charge in [0, 0.05) is 0 Å². The first-order chi connectivity index (χ1) is 9.47. The average molecular weight is 270 g/mol. The van der Waals surface area contributed by atoms with Gasteiger partial charge in [0.1, 0.15) is 11.5 Å². The predicted octanol–water partition coefficient (Wildman–Crippen LogP) is 4.61. The summed E-state index contributed by atoms with van der Waals surface area (Å²) in [6, 6.07) is 12.6. The molecule has 104 valence electrons. The molecule has 2 rings (SSSR count). The zero-order chi connectivity index (χ0) is 14.7. The number of aromatic carboxylic acids is 1. The third-order valence-corrected chi connectivity index (χ3v) is 3.19. The van der Waals surface area contributed by atoms with Crippen LogP contribution in [0.3, 0.4) is 0 Å². The predicted molar refractivity (Wildman–Crippen MR) is 78.7 cm³/mol. The van der Waals surface area contributed by atoms with E-state index in [0.29, 0.717) is 11.7 Å². The molecule has 0 unspecified atom stereocenters. The summed E-state index contributed by atoms with van der Waals surface area (Å²) in [5, 5.41) is 8.99. The molecule has 0 spiro atoms. The number of carbonyl (C=O) groups is 1. The Kier molecular flexibility index (Phi) is 4.08. The van der Waals surface area contributed by atoms with Gasteiger partial charge >= 0.3 is 5.97 Å². The Hall–Kier alpha value is -2.29. The van der Waals surface area contributed by atoms with Gasteiger partial charge in [0.15, 0.2) is 0 Å². The molecule has 2 aromatic carbocycles. The first-order valence-electron chi connectivity index (χ1n) is 6.59. The maximum atomic E-state index is 11.0. The average Bonchev–Trinajstić information content (AvgIpc) is 2.41. The first-order valence-corrected chi connectivity index (χ1v) is 6.59. The second-order valence-electron chi connectivity index (χ2n) is 5.11. The fourth-order valence-corrected chi connectivity index (χ4v) is 1.91. The van der Waals surface area contributed by atoms with E-state index in [9.17, 15) is 4.79 Å². The fourth-order valence-electron chi connectivity index (χ4n) is 1.91. The van der Waals surface area contributed by atoms with E-state index in [0.717, 1.165) is 11.3 Å². The maximum Gasteiger partial charge on any atom is 0.335 e. The van der Waals surface area contributed by atoms with Gasteiger partial charge < -0.3 is 9.84 Å². The van der Waals surface area contributed by atoms with E-state index in [2.05, 4.69) is 19.9 Å². The maximum absolute atomic E-state index is 11.0. The molecule has 20 heavy (non-hydrogen) atoms. The highest BCUT2D eigenvalue weighted by molar-refractivity contribution is 5.88. The molecule has 0 bridgehead atoms. The number of carboxylic acid groups (broad SMARTS) is 1. The van der Waals surface area contributed by atoms with Gasteiger partial charge in [-0.05, 0) is 48.2 Å². The molecular weight excluding hydrogens is 252 g/mol. The van der Waals surface area contributed by atoms with Gasteiger partial charge in [0.25, 0.3) is 0 Å². The number of rotatable bonds is 4. The van der Waals surface area contributed by atoms with Crippen LogP contribution in [-0.4, -0.2) is 11.1 Å². The molecule has 3 heteroatoms. The number of hydrogen-bond donors (Lipinski definition) is 1. The van der Waals surface area contributed by atoms with E-state index in [-0.39, 0.29) is 5.56 Å². The second-order valence-corrected chi connectivity index (χ2v) is 5.11. The van der Waals surface area contributed by atoms with Crippen LogP contribution < -0.4 is 4.74 Å². The highest BCUT2D eigenvalue weighted by atomic mass is 16.5. The van der Waals surface area contributed by atoms with Crippen molar-refractivity contribution in [1.29, 1.82) is 0 Å². The summed E-state index contributed by atoms with van der Waals surface area (Å²) in [5.41, 5.74) is 2.44. The Labute approximate surface area is 118 Å². The highest BCUT2D eigenvalue weighted by Crippen LogP contribution is 2.29. The van der Waals surface area contributed by atoms with Crippen molar-refractivity contribution in [3.05, 3.63) is 59.2 Å². The molecule has 3 nitrogen and oxygen atoms in total. The lowest BCUT2D eigenvalue weighted by molar-refractivity contribution is 0.0696. The monoisotopic (exact) mass is 270 g/mol. The number of aryl methyl sites for hydroxylation is 1. The van der Waals surface area contributed by atoms with Crippen molar-refractivity contribution in [3.63, 3.8) is 0 Å². The van der Waals surface area contributed by atoms with Crippen LogP contribution in [0.4, 0.5) is 0 Å². The lowest BCUT2D eigenvalue weighted by atomic mass is 10.0. The lowest BCUT2D eigenvalue weighted by Crippen LogP contribution is -1.97. The van der Waals surface area contributed by atoms with Gasteiger partial charge in [-0.1, -0.05) is 32.0 Å². The van der Waals surface area contributed by atoms with E-state index in [1.807, 2.05) is 19.1 Å². The quantitative estimate of drug-likeness (QED) is 0.882.